The van der Waals surface area contributed by atoms with Crippen LogP contribution >= 0.6 is 0 Å². The molecule has 2 heterocycles. The summed E-state index contributed by atoms with van der Waals surface area (Å²) in [6.07, 6.45) is 25.9. The second-order valence-electron chi connectivity index (χ2n) is 12.2. The Kier molecular flexibility index (Phi) is 24.0. The summed E-state index contributed by atoms with van der Waals surface area (Å²) in [6, 6.07) is 3.83. The Morgan fingerprint density at radius 1 is 0.837 bits per heavy atom. The van der Waals surface area contributed by atoms with Crippen molar-refractivity contribution < 1.29 is 52.3 Å². The molecule has 1 aromatic heterocycles. The zero-order chi connectivity index (χ0) is 30.3. The van der Waals surface area contributed by atoms with E-state index in [0.29, 0.717) is 19.1 Å². The smallest absolute Gasteiger partial charge is 0.416 e. The van der Waals surface area contributed by atoms with Gasteiger partial charge in [0.2, 0.25) is 5.91 Å². The lowest BCUT2D eigenvalue weighted by atomic mass is 10.0. The number of aryl methyl sites for hydroxylation is 1. The van der Waals surface area contributed by atoms with Crippen molar-refractivity contribution in [2.75, 3.05) is 26.4 Å². The molecule has 0 aliphatic carbocycles. The number of halogens is 1. The van der Waals surface area contributed by atoms with Gasteiger partial charge in [0.1, 0.15) is 13.2 Å². The number of hydrogen-bond donors (Lipinski definition) is 0. The molecule has 1 aliphatic heterocycles. The van der Waals surface area contributed by atoms with Crippen molar-refractivity contribution in [3.63, 3.8) is 0 Å². The summed E-state index contributed by atoms with van der Waals surface area (Å²) in [7, 11) is 0. The average molecular weight is 717 g/mol. The minimum atomic E-state index is -0.624. The van der Waals surface area contributed by atoms with E-state index in [1.807, 2.05) is 29.1 Å². The van der Waals surface area contributed by atoms with Gasteiger partial charge in [-0.1, -0.05) is 103 Å². The number of carbonyl (C=O) groups excluding carboxylic acids is 2. The summed E-state index contributed by atoms with van der Waals surface area (Å²) >= 11 is 0. The molecule has 0 N–H and O–H groups in total. The topological polar surface area (TPSA) is 69.0 Å². The molecule has 1 aromatic rings. The van der Waals surface area contributed by atoms with Gasteiger partial charge in [0.15, 0.2) is 12.4 Å². The molecule has 0 bridgehead atoms. The largest absolute Gasteiger partial charge is 1.00 e. The van der Waals surface area contributed by atoms with Crippen molar-refractivity contribution in [2.45, 2.75) is 149 Å². The van der Waals surface area contributed by atoms with Gasteiger partial charge < -0.3 is 38.2 Å². The molecule has 0 aromatic carbocycles. The number of rotatable bonds is 24. The molecule has 0 saturated carbocycles. The molecule has 1 fully saturated rings. The van der Waals surface area contributed by atoms with Crippen molar-refractivity contribution in [3.05, 3.63) is 30.1 Å². The van der Waals surface area contributed by atoms with E-state index < -0.39 is 6.09 Å². The third kappa shape index (κ3) is 19.0. The number of amides is 2. The standard InChI is InChI=1S/C35H61N2O5.HI/c1-4-6-7-8-9-10-11-12-13-14-15-16-17-18-19-20-25-40-28-33-26-34(41-29-33)30-42-35(39)37(31(3)38)27-32-21-23-36(5-2)24-22-32;/h21-24,33-34H,4-20,25-30H2,1-3H3;1H/q+1;/p-1. The third-order valence-corrected chi connectivity index (χ3v) is 8.32. The Morgan fingerprint density at radius 2 is 1.37 bits per heavy atom. The Labute approximate surface area is 279 Å². The highest BCUT2D eigenvalue weighted by molar-refractivity contribution is 5.90. The fraction of sp³-hybridized carbons (Fsp3) is 0.800. The molecule has 43 heavy (non-hydrogen) atoms. The van der Waals surface area contributed by atoms with Gasteiger partial charge in [-0.15, -0.1) is 0 Å². The van der Waals surface area contributed by atoms with E-state index >= 15 is 0 Å². The van der Waals surface area contributed by atoms with Gasteiger partial charge in [-0.3, -0.25) is 4.79 Å². The molecule has 2 rings (SSSR count). The first-order valence-electron chi connectivity index (χ1n) is 17.2. The van der Waals surface area contributed by atoms with E-state index in [9.17, 15) is 9.59 Å². The van der Waals surface area contributed by atoms with Crippen LogP contribution in [0.3, 0.4) is 0 Å². The zero-order valence-corrected chi connectivity index (χ0v) is 29.7. The maximum atomic E-state index is 12.6. The minimum Gasteiger partial charge on any atom is -1.00 e. The molecule has 8 heteroatoms. The number of ether oxygens (including phenoxy) is 3. The van der Waals surface area contributed by atoms with Crippen LogP contribution in [0.5, 0.6) is 0 Å². The van der Waals surface area contributed by atoms with Crippen LogP contribution in [0.25, 0.3) is 0 Å². The predicted octanol–water partition coefficient (Wildman–Crippen LogP) is 5.17. The highest BCUT2D eigenvalue weighted by Gasteiger charge is 2.28. The van der Waals surface area contributed by atoms with Crippen molar-refractivity contribution in [1.29, 1.82) is 0 Å². The molecular weight excluding hydrogens is 655 g/mol. The van der Waals surface area contributed by atoms with Gasteiger partial charge in [-0.2, -0.15) is 0 Å². The Hall–Kier alpha value is -1.26. The maximum Gasteiger partial charge on any atom is 0.416 e. The number of hydrogen-bond acceptors (Lipinski definition) is 5. The molecule has 2 unspecified atom stereocenters. The van der Waals surface area contributed by atoms with Crippen LogP contribution in [0, 0.1) is 5.92 Å². The predicted molar refractivity (Wildman–Crippen MR) is 168 cm³/mol. The SMILES string of the molecule is CCCCCCCCCCCCCCCCCCOCC1COC(COC(=O)N(Cc2cc[n+](CC)cc2)C(C)=O)C1.[I-]. The lowest BCUT2D eigenvalue weighted by molar-refractivity contribution is -0.693. The summed E-state index contributed by atoms with van der Waals surface area (Å²) < 4.78 is 19.2. The first kappa shape index (κ1) is 39.8. The summed E-state index contributed by atoms with van der Waals surface area (Å²) in [5.74, 6) is -0.00632. The lowest BCUT2D eigenvalue weighted by Crippen LogP contribution is -3.00. The Balaban J connectivity index is 0.00000924. The number of carbonyl (C=O) groups is 2. The summed E-state index contributed by atoms with van der Waals surface area (Å²) in [6.45, 7) is 9.06. The van der Waals surface area contributed by atoms with E-state index in [4.69, 9.17) is 14.2 Å². The fourth-order valence-corrected chi connectivity index (χ4v) is 5.55. The van der Waals surface area contributed by atoms with E-state index in [0.717, 1.165) is 36.5 Å². The van der Waals surface area contributed by atoms with Crippen molar-refractivity contribution >= 4 is 12.0 Å². The summed E-state index contributed by atoms with van der Waals surface area (Å²) in [4.78, 5) is 25.8. The minimum absolute atomic E-state index is 0. The molecule has 0 radical (unpaired) electrons. The first-order chi connectivity index (χ1) is 20.5. The van der Waals surface area contributed by atoms with Crippen molar-refractivity contribution in [3.8, 4) is 0 Å². The number of imide groups is 1. The second-order valence-corrected chi connectivity index (χ2v) is 12.2. The number of aromatic nitrogens is 1. The van der Waals surface area contributed by atoms with Gasteiger partial charge in [-0.25, -0.2) is 14.3 Å². The molecule has 1 saturated heterocycles. The molecule has 1 aliphatic rings. The van der Waals surface area contributed by atoms with Crippen LogP contribution in [-0.4, -0.2) is 49.4 Å². The molecule has 2 amide bonds. The second kappa shape index (κ2) is 26.0. The molecule has 248 valence electrons. The number of pyridine rings is 1. The van der Waals surface area contributed by atoms with Gasteiger partial charge in [0.05, 0.1) is 25.9 Å². The zero-order valence-electron chi connectivity index (χ0n) is 27.5. The van der Waals surface area contributed by atoms with Crippen LogP contribution in [0.4, 0.5) is 4.79 Å². The Bertz CT molecular complexity index is 838. The normalized spacial score (nSPS) is 16.2. The lowest BCUT2D eigenvalue weighted by Gasteiger charge is -2.20. The van der Waals surface area contributed by atoms with E-state index in [2.05, 4.69) is 13.8 Å². The van der Waals surface area contributed by atoms with Gasteiger partial charge in [0, 0.05) is 31.6 Å². The number of nitrogens with zero attached hydrogens (tertiary/aromatic N) is 2. The summed E-state index contributed by atoms with van der Waals surface area (Å²) in [5.41, 5.74) is 0.880. The first-order valence-corrected chi connectivity index (χ1v) is 17.2. The van der Waals surface area contributed by atoms with Gasteiger partial charge >= 0.3 is 6.09 Å². The monoisotopic (exact) mass is 716 g/mol. The van der Waals surface area contributed by atoms with Crippen LogP contribution in [-0.2, 0) is 32.1 Å². The highest BCUT2D eigenvalue weighted by Crippen LogP contribution is 2.21. The van der Waals surface area contributed by atoms with E-state index in [1.165, 1.54) is 103 Å². The van der Waals surface area contributed by atoms with Crippen molar-refractivity contribution in [2.24, 2.45) is 5.92 Å². The van der Waals surface area contributed by atoms with E-state index in [1.54, 1.807) is 0 Å². The van der Waals surface area contributed by atoms with Crippen molar-refractivity contribution in [1.82, 2.24) is 4.90 Å². The molecular formula is C35H61IN2O5. The van der Waals surface area contributed by atoms with Crippen LogP contribution in [0.1, 0.15) is 135 Å². The molecule has 2 atom stereocenters. The van der Waals surface area contributed by atoms with Gasteiger partial charge in [0.25, 0.3) is 0 Å². The number of unbranched alkanes of at least 4 members (excludes halogenated alkanes) is 15. The Morgan fingerprint density at radius 3 is 1.88 bits per heavy atom. The van der Waals surface area contributed by atoms with E-state index in [-0.39, 0.29) is 49.1 Å². The molecule has 7 nitrogen and oxygen atoms in total. The van der Waals surface area contributed by atoms with Crippen LogP contribution < -0.4 is 28.5 Å². The molecule has 0 spiro atoms. The van der Waals surface area contributed by atoms with Gasteiger partial charge in [-0.05, 0) is 25.3 Å². The fourth-order valence-electron chi connectivity index (χ4n) is 5.55. The third-order valence-electron chi connectivity index (χ3n) is 8.32. The van der Waals surface area contributed by atoms with Crippen LogP contribution in [0.2, 0.25) is 0 Å². The average Bonchev–Trinajstić information content (AvgIpc) is 3.46. The highest BCUT2D eigenvalue weighted by atomic mass is 127. The van der Waals surface area contributed by atoms with Crippen LogP contribution in [0.15, 0.2) is 24.5 Å². The maximum absolute atomic E-state index is 12.6. The summed E-state index contributed by atoms with van der Waals surface area (Å²) in [5, 5.41) is 0. The quantitative estimate of drug-likeness (QED) is 0.0840.